The predicted molar refractivity (Wildman–Crippen MR) is 240 cm³/mol. The lowest BCUT2D eigenvalue weighted by Gasteiger charge is -2.32. The van der Waals surface area contributed by atoms with E-state index in [2.05, 4.69) is 114 Å². The number of amides is 2. The highest BCUT2D eigenvalue weighted by atomic mass is 16.2. The zero-order valence-corrected chi connectivity index (χ0v) is 34.9. The Labute approximate surface area is 354 Å². The maximum Gasteiger partial charge on any atom is 0.260 e. The number of likely N-dealkylation sites (N-methyl/N-ethyl adjacent to an activating group) is 1. The van der Waals surface area contributed by atoms with Crippen LogP contribution in [0.25, 0.3) is 44.3 Å². The van der Waals surface area contributed by atoms with Crippen LogP contribution in [0.2, 0.25) is 0 Å². The zero-order chi connectivity index (χ0) is 42.5. The molecule has 0 saturated carbocycles. The highest BCUT2D eigenvalue weighted by Gasteiger charge is 2.20. The van der Waals surface area contributed by atoms with E-state index in [1.165, 1.54) is 0 Å². The van der Waals surface area contributed by atoms with E-state index in [9.17, 15) is 9.59 Å². The lowest BCUT2D eigenvalue weighted by Crippen LogP contribution is -2.43. The number of rotatable bonds is 8. The maximum absolute atomic E-state index is 13.2. The fourth-order valence-electron chi connectivity index (χ4n) is 7.91. The molecule has 13 nitrogen and oxygen atoms in total. The second-order valence-electron chi connectivity index (χ2n) is 15.3. The van der Waals surface area contributed by atoms with E-state index in [4.69, 9.17) is 0 Å². The van der Waals surface area contributed by atoms with Crippen LogP contribution in [0.15, 0.2) is 116 Å². The number of pyridine rings is 1. The Morgan fingerprint density at radius 1 is 0.574 bits per heavy atom. The molecule has 0 radical (unpaired) electrons. The molecule has 0 aliphatic carbocycles. The zero-order valence-electron chi connectivity index (χ0n) is 34.9. The first-order valence-electron chi connectivity index (χ1n) is 20.2. The number of nitrogens with zero attached hydrogens (tertiary/aromatic N) is 8. The Kier molecular flexibility index (Phi) is 11.9. The Morgan fingerprint density at radius 2 is 1.08 bits per heavy atom. The first-order valence-corrected chi connectivity index (χ1v) is 20.2. The molecular formula is C48H47N11O2. The molecule has 5 heterocycles. The Bertz CT molecular complexity index is 2810. The molecule has 8 aromatic rings. The molecule has 1 aliphatic rings. The van der Waals surface area contributed by atoms with Crippen LogP contribution in [0.5, 0.6) is 0 Å². The number of benzene rings is 4. The van der Waals surface area contributed by atoms with Crippen molar-refractivity contribution in [2.24, 2.45) is 0 Å². The summed E-state index contributed by atoms with van der Waals surface area (Å²) < 4.78 is 0. The van der Waals surface area contributed by atoms with Crippen molar-refractivity contribution in [1.82, 2.24) is 44.7 Å². The molecule has 3 N–H and O–H groups in total. The van der Waals surface area contributed by atoms with E-state index >= 15 is 0 Å². The summed E-state index contributed by atoms with van der Waals surface area (Å²) in [4.78, 5) is 60.1. The molecule has 1 fully saturated rings. The van der Waals surface area contributed by atoms with E-state index in [-0.39, 0.29) is 11.8 Å². The third-order valence-corrected chi connectivity index (χ3v) is 11.0. The number of nitrogens with one attached hydrogen (secondary N) is 3. The van der Waals surface area contributed by atoms with Gasteiger partial charge in [0.2, 0.25) is 5.95 Å². The molecule has 0 spiro atoms. The van der Waals surface area contributed by atoms with Gasteiger partial charge in [0.05, 0.1) is 22.2 Å². The third kappa shape index (κ3) is 8.88. The summed E-state index contributed by atoms with van der Waals surface area (Å²) in [6.45, 7) is 13.5. The van der Waals surface area contributed by atoms with Gasteiger partial charge >= 0.3 is 0 Å². The van der Waals surface area contributed by atoms with E-state index in [1.807, 2.05) is 48.7 Å². The summed E-state index contributed by atoms with van der Waals surface area (Å²) in [5.74, 6) is 0.389. The molecule has 4 aromatic carbocycles. The summed E-state index contributed by atoms with van der Waals surface area (Å²) >= 11 is 0. The number of hydrogen-bond acceptors (Lipinski definition) is 10. The van der Waals surface area contributed by atoms with Gasteiger partial charge in [0.15, 0.2) is 0 Å². The molecular weight excluding hydrogens is 763 g/mol. The number of hydrogen-bond donors (Lipinski definition) is 3. The quantitative estimate of drug-likeness (QED) is 0.137. The van der Waals surface area contributed by atoms with Crippen molar-refractivity contribution in [2.75, 3.05) is 43.9 Å². The molecule has 0 atom stereocenters. The van der Waals surface area contributed by atoms with Crippen molar-refractivity contribution in [3.63, 3.8) is 0 Å². The van der Waals surface area contributed by atoms with Crippen LogP contribution in [-0.2, 0) is 6.54 Å². The smallest absolute Gasteiger partial charge is 0.260 e. The average Bonchev–Trinajstić information content (AvgIpc) is 3.78. The lowest BCUT2D eigenvalue weighted by atomic mass is 9.93. The molecule has 13 heteroatoms. The number of aryl methyl sites for hydroxylation is 4. The van der Waals surface area contributed by atoms with Crippen LogP contribution in [0.1, 0.15) is 48.5 Å². The van der Waals surface area contributed by atoms with E-state index < -0.39 is 0 Å². The highest BCUT2D eigenvalue weighted by Crippen LogP contribution is 2.34. The minimum Gasteiger partial charge on any atom is -0.331 e. The lowest BCUT2D eigenvalue weighted by molar-refractivity contribution is 0.101. The van der Waals surface area contributed by atoms with E-state index in [0.717, 1.165) is 82.8 Å². The standard InChI is InChI=1S/C28H30N6O.C20H17N5O/c1-19-5-4-6-20(2)25(19)22-8-9-23(27-26(22)29-11-12-30-27)28(35)32-24-10-7-21(17-31-24)18-34-15-13-33(3)14-16-34;1-12-4-3-5-13(2)16(12)14-6-7-15(18-17(14)21-8-9-22-18)19(26)25-20-23-10-11-24-20/h4-12,17H,13-16,18H2,1-3H3,(H,31,32,35);3-11H,1-2H3,(H2,23,24,25,26). The van der Waals surface area contributed by atoms with Crippen LogP contribution >= 0.6 is 0 Å². The predicted octanol–water partition coefficient (Wildman–Crippen LogP) is 8.20. The van der Waals surface area contributed by atoms with Gasteiger partial charge in [0, 0.05) is 87.2 Å². The Balaban J connectivity index is 0.000000176. The topological polar surface area (TPSA) is 158 Å². The molecule has 61 heavy (non-hydrogen) atoms. The first-order chi connectivity index (χ1) is 29.6. The third-order valence-electron chi connectivity index (χ3n) is 11.0. The SMILES string of the molecule is Cc1cccc(C)c1-c1ccc(C(=O)Nc2ccc(CN3CCN(C)CC3)cn2)c2nccnc12.Cc1cccc(C)c1-c1ccc(C(=O)Nc2ncc[nH]2)c2nccnc12. The van der Waals surface area contributed by atoms with Gasteiger partial charge in [0.1, 0.15) is 16.9 Å². The van der Waals surface area contributed by atoms with Crippen molar-refractivity contribution < 1.29 is 9.59 Å². The average molecular weight is 810 g/mol. The minimum absolute atomic E-state index is 0.247. The number of aromatic nitrogens is 7. The summed E-state index contributed by atoms with van der Waals surface area (Å²) in [7, 11) is 2.16. The summed E-state index contributed by atoms with van der Waals surface area (Å²) in [6, 6.07) is 23.8. The monoisotopic (exact) mass is 809 g/mol. The van der Waals surface area contributed by atoms with E-state index in [0.29, 0.717) is 45.0 Å². The number of carbonyl (C=O) groups is 2. The molecule has 9 rings (SSSR count). The van der Waals surface area contributed by atoms with Gasteiger partial charge in [-0.25, -0.2) is 9.97 Å². The maximum atomic E-state index is 13.2. The fraction of sp³-hybridized carbons (Fsp3) is 0.208. The van der Waals surface area contributed by atoms with E-state index in [1.54, 1.807) is 43.2 Å². The van der Waals surface area contributed by atoms with Gasteiger partial charge < -0.3 is 15.2 Å². The summed E-state index contributed by atoms with van der Waals surface area (Å²) in [6.07, 6.45) is 11.6. The number of fused-ring (bicyclic) bond motifs is 2. The number of imidazole rings is 1. The van der Waals surface area contributed by atoms with Crippen molar-refractivity contribution in [3.05, 3.63) is 155 Å². The second kappa shape index (κ2) is 18.0. The van der Waals surface area contributed by atoms with Crippen molar-refractivity contribution in [1.29, 1.82) is 0 Å². The molecule has 0 bridgehead atoms. The van der Waals surface area contributed by atoms with Crippen molar-refractivity contribution in [2.45, 2.75) is 34.2 Å². The van der Waals surface area contributed by atoms with Gasteiger partial charge in [-0.3, -0.25) is 39.7 Å². The number of H-pyrrole nitrogens is 1. The molecule has 0 unspecified atom stereocenters. The highest BCUT2D eigenvalue weighted by molar-refractivity contribution is 6.14. The van der Waals surface area contributed by atoms with Crippen LogP contribution in [0, 0.1) is 27.7 Å². The van der Waals surface area contributed by atoms with Gasteiger partial charge in [0.25, 0.3) is 11.8 Å². The normalized spacial score (nSPS) is 13.1. The second-order valence-corrected chi connectivity index (χ2v) is 15.3. The van der Waals surface area contributed by atoms with Gasteiger partial charge in [-0.15, -0.1) is 0 Å². The number of carbonyl (C=O) groups excluding carboxylic acids is 2. The van der Waals surface area contributed by atoms with Gasteiger partial charge in [-0.1, -0.05) is 54.6 Å². The Morgan fingerprint density at radius 3 is 1.56 bits per heavy atom. The van der Waals surface area contributed by atoms with Crippen molar-refractivity contribution >= 4 is 45.6 Å². The van der Waals surface area contributed by atoms with Crippen molar-refractivity contribution in [3.8, 4) is 22.3 Å². The molecule has 1 saturated heterocycles. The van der Waals surface area contributed by atoms with Gasteiger partial charge in [-0.05, 0) is 91.9 Å². The summed E-state index contributed by atoms with van der Waals surface area (Å²) in [5, 5.41) is 5.67. The number of aromatic amines is 1. The first kappa shape index (κ1) is 40.6. The summed E-state index contributed by atoms with van der Waals surface area (Å²) in [5.41, 5.74) is 13.5. The molecule has 2 amide bonds. The van der Waals surface area contributed by atoms with Crippen LogP contribution in [0.3, 0.4) is 0 Å². The number of piperazine rings is 1. The minimum atomic E-state index is -0.279. The van der Waals surface area contributed by atoms with Crippen LogP contribution in [0.4, 0.5) is 11.8 Å². The Hall–Kier alpha value is -7.22. The van der Waals surface area contributed by atoms with Crippen LogP contribution < -0.4 is 10.6 Å². The molecule has 1 aliphatic heterocycles. The van der Waals surface area contributed by atoms with Gasteiger partial charge in [-0.2, -0.15) is 0 Å². The largest absolute Gasteiger partial charge is 0.331 e. The molecule has 306 valence electrons. The molecule has 4 aromatic heterocycles. The van der Waals surface area contributed by atoms with Crippen LogP contribution in [-0.4, -0.2) is 89.7 Å². The fourth-order valence-corrected chi connectivity index (χ4v) is 7.91. The number of anilines is 2.